The summed E-state index contributed by atoms with van der Waals surface area (Å²) in [5, 5.41) is 0. The van der Waals surface area contributed by atoms with Crippen LogP contribution >= 0.6 is 0 Å². The number of aromatic nitrogens is 1. The number of fused-ring (bicyclic) bond motifs is 1. The van der Waals surface area contributed by atoms with E-state index in [9.17, 15) is 4.79 Å². The molecule has 3 aromatic rings. The van der Waals surface area contributed by atoms with Gasteiger partial charge in [-0.1, -0.05) is 42.5 Å². The van der Waals surface area contributed by atoms with Crippen LogP contribution in [0.4, 0.5) is 0 Å². The number of benzene rings is 2. The van der Waals surface area contributed by atoms with Crippen LogP contribution in [0.15, 0.2) is 59.0 Å². The standard InChI is InChI=1S/C22H24N2O2/c25-20(22-23-19-8-4-5-9-21(19)26-22)11-10-17-12-14-24(15-13-17)16-18-6-2-1-3-7-18/h1-9,17H,10-16H2. The normalized spacial score (nSPS) is 16.2. The van der Waals surface area contributed by atoms with E-state index in [1.165, 1.54) is 5.56 Å². The molecular formula is C22H24N2O2. The summed E-state index contributed by atoms with van der Waals surface area (Å²) in [6.07, 6.45) is 3.77. The average Bonchev–Trinajstić information content (AvgIpc) is 3.12. The van der Waals surface area contributed by atoms with Crippen LogP contribution in [0, 0.1) is 5.92 Å². The number of carbonyl (C=O) groups excluding carboxylic acids is 1. The van der Waals surface area contributed by atoms with Gasteiger partial charge in [0.1, 0.15) is 5.52 Å². The molecule has 4 nitrogen and oxygen atoms in total. The predicted octanol–water partition coefficient (Wildman–Crippen LogP) is 4.70. The first-order valence-corrected chi connectivity index (χ1v) is 9.43. The van der Waals surface area contributed by atoms with Crippen molar-refractivity contribution >= 4 is 16.9 Å². The molecule has 0 aliphatic carbocycles. The van der Waals surface area contributed by atoms with Crippen molar-refractivity contribution in [2.24, 2.45) is 5.92 Å². The minimum atomic E-state index is 0.0212. The largest absolute Gasteiger partial charge is 0.434 e. The van der Waals surface area contributed by atoms with Gasteiger partial charge in [0, 0.05) is 13.0 Å². The van der Waals surface area contributed by atoms with E-state index >= 15 is 0 Å². The van der Waals surface area contributed by atoms with Crippen molar-refractivity contribution in [3.05, 3.63) is 66.1 Å². The van der Waals surface area contributed by atoms with E-state index in [-0.39, 0.29) is 11.7 Å². The Labute approximate surface area is 153 Å². The summed E-state index contributed by atoms with van der Waals surface area (Å²) in [6, 6.07) is 18.1. The zero-order valence-electron chi connectivity index (χ0n) is 14.9. The van der Waals surface area contributed by atoms with Crippen LogP contribution in [0.3, 0.4) is 0 Å². The molecule has 1 aliphatic heterocycles. The maximum absolute atomic E-state index is 12.4. The van der Waals surface area contributed by atoms with Crippen LogP contribution in [0.25, 0.3) is 11.1 Å². The number of carbonyl (C=O) groups is 1. The van der Waals surface area contributed by atoms with Gasteiger partial charge >= 0.3 is 0 Å². The summed E-state index contributed by atoms with van der Waals surface area (Å²) in [5.74, 6) is 0.899. The van der Waals surface area contributed by atoms with E-state index in [4.69, 9.17) is 4.42 Å². The van der Waals surface area contributed by atoms with E-state index in [0.29, 0.717) is 17.9 Å². The molecule has 0 amide bonds. The Morgan fingerprint density at radius 3 is 2.54 bits per heavy atom. The van der Waals surface area contributed by atoms with Crippen LogP contribution in [-0.4, -0.2) is 28.8 Å². The fourth-order valence-electron chi connectivity index (χ4n) is 3.71. The molecule has 1 saturated heterocycles. The summed E-state index contributed by atoms with van der Waals surface area (Å²) >= 11 is 0. The Hall–Kier alpha value is -2.46. The molecule has 0 saturated carbocycles. The Kier molecular flexibility index (Phi) is 5.12. The van der Waals surface area contributed by atoms with Gasteiger partial charge in [-0.3, -0.25) is 9.69 Å². The topological polar surface area (TPSA) is 46.3 Å². The highest BCUT2D eigenvalue weighted by molar-refractivity contribution is 5.94. The molecule has 0 radical (unpaired) electrons. The van der Waals surface area contributed by atoms with Crippen LogP contribution in [-0.2, 0) is 6.54 Å². The molecule has 0 unspecified atom stereocenters. The van der Waals surface area contributed by atoms with E-state index in [0.717, 1.165) is 44.4 Å². The van der Waals surface area contributed by atoms with Crippen LogP contribution in [0.5, 0.6) is 0 Å². The second-order valence-electron chi connectivity index (χ2n) is 7.15. The number of rotatable bonds is 6. The van der Waals surface area contributed by atoms with Crippen molar-refractivity contribution in [2.45, 2.75) is 32.2 Å². The van der Waals surface area contributed by atoms with Gasteiger partial charge < -0.3 is 4.42 Å². The third kappa shape index (κ3) is 4.02. The number of hydrogen-bond donors (Lipinski definition) is 0. The predicted molar refractivity (Wildman–Crippen MR) is 102 cm³/mol. The SMILES string of the molecule is O=C(CCC1CCN(Cc2ccccc2)CC1)c1nc2ccccc2o1. The molecule has 0 spiro atoms. The van der Waals surface area contributed by atoms with Gasteiger partial charge in [-0.25, -0.2) is 4.98 Å². The Morgan fingerprint density at radius 1 is 1.04 bits per heavy atom. The number of para-hydroxylation sites is 2. The van der Waals surface area contributed by atoms with Gasteiger partial charge in [0.15, 0.2) is 5.58 Å². The van der Waals surface area contributed by atoms with E-state index in [1.54, 1.807) is 0 Å². The molecule has 26 heavy (non-hydrogen) atoms. The highest BCUT2D eigenvalue weighted by atomic mass is 16.4. The minimum absolute atomic E-state index is 0.0212. The van der Waals surface area contributed by atoms with Gasteiger partial charge in [0.05, 0.1) is 0 Å². The second-order valence-corrected chi connectivity index (χ2v) is 7.15. The van der Waals surface area contributed by atoms with E-state index < -0.39 is 0 Å². The highest BCUT2D eigenvalue weighted by Crippen LogP contribution is 2.24. The molecule has 2 aromatic carbocycles. The number of oxazole rings is 1. The van der Waals surface area contributed by atoms with E-state index in [2.05, 4.69) is 40.2 Å². The molecule has 0 N–H and O–H groups in total. The molecule has 1 aromatic heterocycles. The lowest BCUT2D eigenvalue weighted by atomic mass is 9.91. The first kappa shape index (κ1) is 17.0. The molecule has 1 aliphatic rings. The molecule has 0 bridgehead atoms. The van der Waals surface area contributed by atoms with Crippen molar-refractivity contribution < 1.29 is 9.21 Å². The van der Waals surface area contributed by atoms with Crippen molar-refractivity contribution in [3.63, 3.8) is 0 Å². The third-order valence-electron chi connectivity index (χ3n) is 5.27. The lowest BCUT2D eigenvalue weighted by molar-refractivity contribution is 0.0930. The number of nitrogens with zero attached hydrogens (tertiary/aromatic N) is 2. The number of likely N-dealkylation sites (tertiary alicyclic amines) is 1. The monoisotopic (exact) mass is 348 g/mol. The summed E-state index contributed by atoms with van der Waals surface area (Å²) in [5.41, 5.74) is 2.81. The molecule has 4 rings (SSSR count). The molecule has 1 fully saturated rings. The van der Waals surface area contributed by atoms with Crippen molar-refractivity contribution in [1.29, 1.82) is 0 Å². The fourth-order valence-corrected chi connectivity index (χ4v) is 3.71. The minimum Gasteiger partial charge on any atom is -0.434 e. The quantitative estimate of drug-likeness (QED) is 0.606. The van der Waals surface area contributed by atoms with Crippen LogP contribution < -0.4 is 0 Å². The van der Waals surface area contributed by atoms with Gasteiger partial charge in [0.25, 0.3) is 5.89 Å². The highest BCUT2D eigenvalue weighted by Gasteiger charge is 2.21. The summed E-state index contributed by atoms with van der Waals surface area (Å²) < 4.78 is 5.58. The zero-order chi connectivity index (χ0) is 17.8. The number of Topliss-reactive ketones (excluding diaryl/α,β-unsaturated/α-hetero) is 1. The zero-order valence-corrected chi connectivity index (χ0v) is 14.9. The fraction of sp³-hybridized carbons (Fsp3) is 0.364. The first-order chi connectivity index (χ1) is 12.8. The molecule has 134 valence electrons. The van der Waals surface area contributed by atoms with Gasteiger partial charge in [-0.15, -0.1) is 0 Å². The molecule has 0 atom stereocenters. The average molecular weight is 348 g/mol. The van der Waals surface area contributed by atoms with Gasteiger partial charge in [-0.2, -0.15) is 0 Å². The molecule has 2 heterocycles. The maximum atomic E-state index is 12.4. The molecular weight excluding hydrogens is 324 g/mol. The second kappa shape index (κ2) is 7.83. The van der Waals surface area contributed by atoms with Crippen LogP contribution in [0.2, 0.25) is 0 Å². The lowest BCUT2D eigenvalue weighted by Crippen LogP contribution is -2.33. The summed E-state index contributed by atoms with van der Waals surface area (Å²) in [6.45, 7) is 3.24. The van der Waals surface area contributed by atoms with Crippen molar-refractivity contribution in [2.75, 3.05) is 13.1 Å². The smallest absolute Gasteiger partial charge is 0.264 e. The van der Waals surface area contributed by atoms with Gasteiger partial charge in [-0.05, 0) is 56.0 Å². The number of piperidine rings is 1. The van der Waals surface area contributed by atoms with Crippen LogP contribution in [0.1, 0.15) is 41.9 Å². The van der Waals surface area contributed by atoms with Crippen molar-refractivity contribution in [1.82, 2.24) is 9.88 Å². The maximum Gasteiger partial charge on any atom is 0.264 e. The number of hydrogen-bond acceptors (Lipinski definition) is 4. The lowest BCUT2D eigenvalue weighted by Gasteiger charge is -2.31. The Balaban J connectivity index is 1.25. The Morgan fingerprint density at radius 2 is 1.77 bits per heavy atom. The van der Waals surface area contributed by atoms with E-state index in [1.807, 2.05) is 24.3 Å². The third-order valence-corrected chi connectivity index (χ3v) is 5.27. The van der Waals surface area contributed by atoms with Crippen molar-refractivity contribution in [3.8, 4) is 0 Å². The Bertz CT molecular complexity index is 831. The first-order valence-electron chi connectivity index (χ1n) is 9.43. The molecule has 4 heteroatoms. The number of ketones is 1. The van der Waals surface area contributed by atoms with Gasteiger partial charge in [0.2, 0.25) is 5.78 Å². The summed E-state index contributed by atoms with van der Waals surface area (Å²) in [4.78, 5) is 19.2. The summed E-state index contributed by atoms with van der Waals surface area (Å²) in [7, 11) is 0.